The van der Waals surface area contributed by atoms with Gasteiger partial charge in [0, 0.05) is 24.7 Å². The molecule has 4 aliphatic rings. The standard InChI is InChI=1S/C23H22N4O6/c28-19(29)10-23-9-13-6-12(7-16(23)20(13)32-23)11-25-21(30)15-2-1-5-24-22(15)31-14-3-4-17-18(8-14)27-33-26-17/h1-5,8,12-13,16,20H,6-7,9-11H2,(H,25,30)(H,28,29). The highest BCUT2D eigenvalue weighted by Gasteiger charge is 2.68. The molecule has 33 heavy (non-hydrogen) atoms. The smallest absolute Gasteiger partial charge is 0.306 e. The third-order valence-corrected chi connectivity index (χ3v) is 7.20. The number of amides is 1. The van der Waals surface area contributed by atoms with Crippen molar-refractivity contribution in [2.75, 3.05) is 6.54 Å². The summed E-state index contributed by atoms with van der Waals surface area (Å²) in [4.78, 5) is 28.5. The van der Waals surface area contributed by atoms with Crippen molar-refractivity contribution in [1.29, 1.82) is 0 Å². The first kappa shape index (κ1) is 20.1. The van der Waals surface area contributed by atoms with Crippen molar-refractivity contribution in [1.82, 2.24) is 20.6 Å². The first-order valence-corrected chi connectivity index (χ1v) is 11.0. The monoisotopic (exact) mass is 450 g/mol. The lowest BCUT2D eigenvalue weighted by atomic mass is 9.72. The molecule has 7 rings (SSSR count). The molecule has 2 aromatic heterocycles. The van der Waals surface area contributed by atoms with E-state index in [1.165, 1.54) is 0 Å². The van der Waals surface area contributed by atoms with Crippen LogP contribution in [0.25, 0.3) is 11.0 Å². The summed E-state index contributed by atoms with van der Waals surface area (Å²) >= 11 is 0. The Kier molecular flexibility index (Phi) is 4.58. The van der Waals surface area contributed by atoms with Crippen LogP contribution >= 0.6 is 0 Å². The molecule has 3 aromatic rings. The molecule has 1 aromatic carbocycles. The van der Waals surface area contributed by atoms with Gasteiger partial charge in [0.25, 0.3) is 5.91 Å². The third-order valence-electron chi connectivity index (χ3n) is 7.20. The zero-order chi connectivity index (χ0) is 22.6. The van der Waals surface area contributed by atoms with E-state index in [9.17, 15) is 14.7 Å². The fourth-order valence-electron chi connectivity index (χ4n) is 5.88. The first-order chi connectivity index (χ1) is 16.0. The van der Waals surface area contributed by atoms with Crippen molar-refractivity contribution in [2.45, 2.75) is 37.4 Å². The maximum absolute atomic E-state index is 13.0. The lowest BCUT2D eigenvalue weighted by molar-refractivity contribution is -0.234. The number of benzene rings is 1. The van der Waals surface area contributed by atoms with E-state index in [0.717, 1.165) is 19.3 Å². The van der Waals surface area contributed by atoms with Crippen LogP contribution in [0.5, 0.6) is 11.6 Å². The van der Waals surface area contributed by atoms with E-state index >= 15 is 0 Å². The van der Waals surface area contributed by atoms with E-state index in [1.807, 2.05) is 0 Å². The Hall–Kier alpha value is -3.53. The average Bonchev–Trinajstić information content (AvgIpc) is 3.44. The number of aliphatic carboxylic acids is 1. The van der Waals surface area contributed by atoms with Crippen molar-refractivity contribution in [3.8, 4) is 11.6 Å². The van der Waals surface area contributed by atoms with Crippen LogP contribution in [-0.2, 0) is 9.53 Å². The van der Waals surface area contributed by atoms with Crippen molar-refractivity contribution in [3.05, 3.63) is 42.1 Å². The summed E-state index contributed by atoms with van der Waals surface area (Å²) in [6, 6.07) is 8.45. The van der Waals surface area contributed by atoms with Gasteiger partial charge in [-0.3, -0.25) is 9.59 Å². The van der Waals surface area contributed by atoms with Crippen molar-refractivity contribution in [2.24, 2.45) is 17.8 Å². The SMILES string of the molecule is O=C(O)CC12CC3CC(CNC(=O)c4cccnc4Oc4ccc5nonc5c4)CC1C3O2. The number of nitrogens with one attached hydrogen (secondary N) is 1. The van der Waals surface area contributed by atoms with E-state index in [2.05, 4.69) is 20.6 Å². The lowest BCUT2D eigenvalue weighted by Gasteiger charge is -2.50. The van der Waals surface area contributed by atoms with Crippen molar-refractivity contribution >= 4 is 22.9 Å². The molecular formula is C23H22N4O6. The zero-order valence-electron chi connectivity index (χ0n) is 17.6. The molecule has 2 saturated heterocycles. The van der Waals surface area contributed by atoms with Gasteiger partial charge in [-0.1, -0.05) is 0 Å². The van der Waals surface area contributed by atoms with Crippen LogP contribution in [0.4, 0.5) is 0 Å². The van der Waals surface area contributed by atoms with Crippen LogP contribution in [0.3, 0.4) is 0 Å². The molecule has 10 nitrogen and oxygen atoms in total. The van der Waals surface area contributed by atoms with Crippen molar-refractivity contribution in [3.63, 3.8) is 0 Å². The van der Waals surface area contributed by atoms with E-state index in [4.69, 9.17) is 14.1 Å². The summed E-state index contributed by atoms with van der Waals surface area (Å²) in [6.07, 6.45) is 4.44. The van der Waals surface area contributed by atoms with Crippen molar-refractivity contribution < 1.29 is 28.8 Å². The van der Waals surface area contributed by atoms with Gasteiger partial charge in [0.15, 0.2) is 0 Å². The van der Waals surface area contributed by atoms with Gasteiger partial charge in [-0.2, -0.15) is 0 Å². The molecule has 2 saturated carbocycles. The second-order valence-electron chi connectivity index (χ2n) is 9.21. The van der Waals surface area contributed by atoms with Gasteiger partial charge in [-0.15, -0.1) is 0 Å². The number of nitrogens with zero attached hydrogens (tertiary/aromatic N) is 3. The molecule has 4 bridgehead atoms. The number of carboxylic acids is 1. The van der Waals surface area contributed by atoms with Gasteiger partial charge >= 0.3 is 5.97 Å². The fraction of sp³-hybridized carbons (Fsp3) is 0.435. The summed E-state index contributed by atoms with van der Waals surface area (Å²) < 4.78 is 16.5. The minimum absolute atomic E-state index is 0.0658. The number of hydrogen-bond acceptors (Lipinski definition) is 8. The molecule has 170 valence electrons. The molecule has 4 fully saturated rings. The Bertz CT molecular complexity index is 1240. The number of carbonyl (C=O) groups excluding carboxylic acids is 1. The number of carboxylic acid groups (broad SMARTS) is 1. The Balaban J connectivity index is 1.11. The number of ether oxygens (including phenoxy) is 2. The normalized spacial score (nSPS) is 29.5. The Morgan fingerprint density at radius 3 is 2.97 bits per heavy atom. The second-order valence-corrected chi connectivity index (χ2v) is 9.21. The Morgan fingerprint density at radius 2 is 2.09 bits per heavy atom. The summed E-state index contributed by atoms with van der Waals surface area (Å²) in [6.45, 7) is 0.520. The summed E-state index contributed by atoms with van der Waals surface area (Å²) in [5.41, 5.74) is 0.994. The van der Waals surface area contributed by atoms with E-state index in [1.54, 1.807) is 36.5 Å². The average molecular weight is 450 g/mol. The Labute approximate surface area is 188 Å². The highest BCUT2D eigenvalue weighted by atomic mass is 16.6. The number of hydrogen-bond donors (Lipinski definition) is 2. The predicted molar refractivity (Wildman–Crippen MR) is 113 cm³/mol. The molecule has 2 aliphatic carbocycles. The van der Waals surface area contributed by atoms with Crippen LogP contribution < -0.4 is 10.1 Å². The van der Waals surface area contributed by atoms with Crippen LogP contribution in [0.1, 0.15) is 36.0 Å². The highest BCUT2D eigenvalue weighted by molar-refractivity contribution is 5.96. The number of carbonyl (C=O) groups is 2. The molecule has 2 aliphatic heterocycles. The van der Waals surface area contributed by atoms with E-state index in [0.29, 0.717) is 40.7 Å². The van der Waals surface area contributed by atoms with Gasteiger partial charge in [0.2, 0.25) is 5.88 Å². The molecule has 5 atom stereocenters. The van der Waals surface area contributed by atoms with Gasteiger partial charge in [0.05, 0.1) is 18.1 Å². The summed E-state index contributed by atoms with van der Waals surface area (Å²) in [5.74, 6) is 0.539. The molecule has 1 amide bonds. The van der Waals surface area contributed by atoms with Crippen LogP contribution in [0, 0.1) is 17.8 Å². The van der Waals surface area contributed by atoms with E-state index in [-0.39, 0.29) is 30.2 Å². The summed E-state index contributed by atoms with van der Waals surface area (Å²) in [5, 5.41) is 19.8. The number of aromatic nitrogens is 3. The maximum Gasteiger partial charge on any atom is 0.306 e. The minimum atomic E-state index is -0.811. The lowest BCUT2D eigenvalue weighted by Crippen LogP contribution is -2.56. The third kappa shape index (κ3) is 3.41. The predicted octanol–water partition coefficient (Wildman–Crippen LogP) is 2.80. The van der Waals surface area contributed by atoms with Crippen LogP contribution in [-0.4, -0.2) is 50.5 Å². The molecule has 10 heteroatoms. The van der Waals surface area contributed by atoms with Gasteiger partial charge in [-0.25, -0.2) is 9.61 Å². The zero-order valence-corrected chi connectivity index (χ0v) is 17.6. The number of pyridine rings is 1. The van der Waals surface area contributed by atoms with Gasteiger partial charge in [-0.05, 0) is 65.7 Å². The van der Waals surface area contributed by atoms with Gasteiger partial charge in [0.1, 0.15) is 22.3 Å². The topological polar surface area (TPSA) is 137 Å². The van der Waals surface area contributed by atoms with E-state index < -0.39 is 11.6 Å². The molecule has 0 radical (unpaired) electrons. The van der Waals surface area contributed by atoms with Gasteiger partial charge < -0.3 is 19.9 Å². The fourth-order valence-corrected chi connectivity index (χ4v) is 5.88. The quantitative estimate of drug-likeness (QED) is 0.557. The molecule has 2 N–H and O–H groups in total. The Morgan fingerprint density at radius 1 is 1.21 bits per heavy atom. The number of fused-ring (bicyclic) bond motifs is 1. The maximum atomic E-state index is 13.0. The minimum Gasteiger partial charge on any atom is -0.481 e. The molecule has 4 heterocycles. The molecule has 0 spiro atoms. The molecule has 5 unspecified atom stereocenters. The number of rotatable bonds is 7. The summed E-state index contributed by atoms with van der Waals surface area (Å²) in [7, 11) is 0. The molecular weight excluding hydrogens is 428 g/mol. The van der Waals surface area contributed by atoms with Crippen LogP contribution in [0.2, 0.25) is 0 Å². The van der Waals surface area contributed by atoms with Crippen LogP contribution in [0.15, 0.2) is 41.2 Å². The highest BCUT2D eigenvalue weighted by Crippen LogP contribution is 2.63. The second kappa shape index (κ2) is 7.51. The first-order valence-electron chi connectivity index (χ1n) is 11.0. The largest absolute Gasteiger partial charge is 0.481 e.